The first-order valence-corrected chi connectivity index (χ1v) is 6.31. The number of halogens is 1. The monoisotopic (exact) mass is 292 g/mol. The number of nitro benzene ring substituents is 1. The maximum atomic E-state index is 13.6. The molecule has 1 aromatic carbocycles. The number of nitrogens with one attached hydrogen (secondary N) is 2. The zero-order valence-electron chi connectivity index (χ0n) is 11.2. The predicted octanol–water partition coefficient (Wildman–Crippen LogP) is 2.66. The molecular weight excluding hydrogens is 279 g/mol. The summed E-state index contributed by atoms with van der Waals surface area (Å²) in [6.07, 6.45) is 1.68. The molecule has 0 saturated carbocycles. The predicted molar refractivity (Wildman–Crippen MR) is 73.6 cm³/mol. The number of carbonyl (C=O) groups is 1. The number of nitrogens with zero attached hydrogens (tertiary/aromatic N) is 2. The van der Waals surface area contributed by atoms with E-state index in [9.17, 15) is 19.3 Å². The second kappa shape index (κ2) is 6.12. The van der Waals surface area contributed by atoms with Crippen molar-refractivity contribution in [3.8, 4) is 0 Å². The van der Waals surface area contributed by atoms with Crippen molar-refractivity contribution in [1.82, 2.24) is 10.2 Å². The third kappa shape index (κ3) is 3.41. The van der Waals surface area contributed by atoms with Gasteiger partial charge in [0.2, 0.25) is 0 Å². The molecule has 0 atom stereocenters. The molecule has 0 unspecified atom stereocenters. The number of hydrogen-bond acceptors (Lipinski definition) is 4. The number of aryl methyl sites for hydroxylation is 1. The molecule has 7 nitrogen and oxygen atoms in total. The number of aromatic nitrogens is 2. The summed E-state index contributed by atoms with van der Waals surface area (Å²) in [5.74, 6) is -1.37. The van der Waals surface area contributed by atoms with E-state index in [1.54, 1.807) is 6.07 Å². The van der Waals surface area contributed by atoms with Gasteiger partial charge in [-0.2, -0.15) is 5.10 Å². The molecule has 0 spiro atoms. The summed E-state index contributed by atoms with van der Waals surface area (Å²) in [5.41, 5.74) is 0.0896. The highest BCUT2D eigenvalue weighted by molar-refractivity contribution is 6.04. The van der Waals surface area contributed by atoms with Crippen LogP contribution in [0.1, 0.15) is 29.4 Å². The van der Waals surface area contributed by atoms with Crippen LogP contribution in [0.2, 0.25) is 0 Å². The van der Waals surface area contributed by atoms with Crippen LogP contribution < -0.4 is 5.32 Å². The lowest BCUT2D eigenvalue weighted by Crippen LogP contribution is -2.14. The largest absolute Gasteiger partial charge is 0.305 e. The smallest absolute Gasteiger partial charge is 0.270 e. The van der Waals surface area contributed by atoms with Gasteiger partial charge in [0.05, 0.1) is 10.5 Å². The molecule has 2 aromatic rings. The standard InChI is InChI=1S/C13H13FN4O3/c1-2-3-8-6-12(17-16-8)15-13(19)10-7-9(18(20)21)4-5-11(10)14/h4-7H,2-3H2,1H3,(H2,15,16,17,19). The number of carbonyl (C=O) groups excluding carboxylic acids is 1. The quantitative estimate of drug-likeness (QED) is 0.653. The number of benzene rings is 1. The average molecular weight is 292 g/mol. The van der Waals surface area contributed by atoms with Crippen LogP contribution in [0.4, 0.5) is 15.9 Å². The lowest BCUT2D eigenvalue weighted by atomic mass is 10.1. The Balaban J connectivity index is 2.19. The number of amides is 1. The molecule has 0 aliphatic heterocycles. The second-order valence-electron chi connectivity index (χ2n) is 4.40. The number of hydrogen-bond donors (Lipinski definition) is 2. The molecule has 1 amide bonds. The number of non-ortho nitro benzene ring substituents is 1. The molecule has 8 heteroatoms. The SMILES string of the molecule is CCCc1cc(NC(=O)c2cc([N+](=O)[O-])ccc2F)n[nH]1. The molecule has 0 fully saturated rings. The maximum Gasteiger partial charge on any atom is 0.270 e. The number of aromatic amines is 1. The minimum absolute atomic E-state index is 0.245. The van der Waals surface area contributed by atoms with Gasteiger partial charge in [0.1, 0.15) is 5.82 Å². The van der Waals surface area contributed by atoms with E-state index in [1.807, 2.05) is 6.92 Å². The number of H-pyrrole nitrogens is 1. The van der Waals surface area contributed by atoms with Gasteiger partial charge < -0.3 is 5.32 Å². The lowest BCUT2D eigenvalue weighted by Gasteiger charge is -2.03. The van der Waals surface area contributed by atoms with Crippen LogP contribution in [0, 0.1) is 15.9 Å². The summed E-state index contributed by atoms with van der Waals surface area (Å²) in [6, 6.07) is 4.42. The highest BCUT2D eigenvalue weighted by Gasteiger charge is 2.17. The minimum Gasteiger partial charge on any atom is -0.305 e. The molecular formula is C13H13FN4O3. The van der Waals surface area contributed by atoms with E-state index in [0.29, 0.717) is 0 Å². The normalized spacial score (nSPS) is 10.4. The lowest BCUT2D eigenvalue weighted by molar-refractivity contribution is -0.384. The topological polar surface area (TPSA) is 101 Å². The molecule has 1 aromatic heterocycles. The van der Waals surface area contributed by atoms with Crippen molar-refractivity contribution in [2.75, 3.05) is 5.32 Å². The zero-order chi connectivity index (χ0) is 15.4. The van der Waals surface area contributed by atoms with Crippen LogP contribution in [0.5, 0.6) is 0 Å². The fraction of sp³-hybridized carbons (Fsp3) is 0.231. The summed E-state index contributed by atoms with van der Waals surface area (Å²) in [5, 5.41) is 19.7. The fourth-order valence-corrected chi connectivity index (χ4v) is 1.81. The van der Waals surface area contributed by atoms with E-state index in [2.05, 4.69) is 15.5 Å². The number of anilines is 1. The van der Waals surface area contributed by atoms with Crippen LogP contribution in [-0.2, 0) is 6.42 Å². The molecule has 2 rings (SSSR count). The summed E-state index contributed by atoms with van der Waals surface area (Å²) in [6.45, 7) is 2.00. The van der Waals surface area contributed by atoms with Crippen molar-refractivity contribution in [1.29, 1.82) is 0 Å². The summed E-state index contributed by atoms with van der Waals surface area (Å²) in [7, 11) is 0. The van der Waals surface area contributed by atoms with Crippen LogP contribution in [0.3, 0.4) is 0 Å². The molecule has 0 saturated heterocycles. The first kappa shape index (κ1) is 14.6. The van der Waals surface area contributed by atoms with Gasteiger partial charge >= 0.3 is 0 Å². The van der Waals surface area contributed by atoms with E-state index in [4.69, 9.17) is 0 Å². The van der Waals surface area contributed by atoms with Gasteiger partial charge in [0, 0.05) is 23.9 Å². The molecule has 0 radical (unpaired) electrons. The molecule has 1 heterocycles. The molecule has 0 aliphatic carbocycles. The first-order chi connectivity index (χ1) is 10.0. The average Bonchev–Trinajstić information content (AvgIpc) is 2.86. The van der Waals surface area contributed by atoms with Crippen LogP contribution in [0.15, 0.2) is 24.3 Å². The van der Waals surface area contributed by atoms with Crippen LogP contribution in [0.25, 0.3) is 0 Å². The van der Waals surface area contributed by atoms with Gasteiger partial charge in [0.15, 0.2) is 5.82 Å². The number of rotatable bonds is 5. The first-order valence-electron chi connectivity index (χ1n) is 6.31. The van der Waals surface area contributed by atoms with Crippen molar-refractivity contribution in [2.24, 2.45) is 0 Å². The Morgan fingerprint density at radius 1 is 1.48 bits per heavy atom. The van der Waals surface area contributed by atoms with Crippen molar-refractivity contribution in [2.45, 2.75) is 19.8 Å². The fourth-order valence-electron chi connectivity index (χ4n) is 1.81. The minimum atomic E-state index is -0.831. The van der Waals surface area contributed by atoms with Crippen molar-refractivity contribution in [3.05, 3.63) is 51.5 Å². The van der Waals surface area contributed by atoms with Crippen molar-refractivity contribution in [3.63, 3.8) is 0 Å². The van der Waals surface area contributed by atoms with Crippen LogP contribution in [-0.4, -0.2) is 21.0 Å². The van der Waals surface area contributed by atoms with E-state index >= 15 is 0 Å². The van der Waals surface area contributed by atoms with Gasteiger partial charge in [-0.05, 0) is 12.5 Å². The van der Waals surface area contributed by atoms with Crippen molar-refractivity contribution < 1.29 is 14.1 Å². The van der Waals surface area contributed by atoms with E-state index in [1.165, 1.54) is 0 Å². The molecule has 2 N–H and O–H groups in total. The Hall–Kier alpha value is -2.77. The maximum absolute atomic E-state index is 13.6. The summed E-state index contributed by atoms with van der Waals surface area (Å²) in [4.78, 5) is 21.9. The summed E-state index contributed by atoms with van der Waals surface area (Å²) >= 11 is 0. The van der Waals surface area contributed by atoms with Crippen molar-refractivity contribution >= 4 is 17.4 Å². The molecule has 110 valence electrons. The Labute approximate surface area is 119 Å². The Bertz CT molecular complexity index is 684. The molecule has 21 heavy (non-hydrogen) atoms. The van der Waals surface area contributed by atoms with E-state index in [-0.39, 0.29) is 11.5 Å². The van der Waals surface area contributed by atoms with Gasteiger partial charge in [-0.3, -0.25) is 20.0 Å². The Kier molecular flexibility index (Phi) is 4.27. The third-order valence-electron chi connectivity index (χ3n) is 2.80. The zero-order valence-corrected chi connectivity index (χ0v) is 11.2. The van der Waals surface area contributed by atoms with Gasteiger partial charge in [-0.15, -0.1) is 0 Å². The van der Waals surface area contributed by atoms with E-state index < -0.39 is 22.2 Å². The van der Waals surface area contributed by atoms with Crippen LogP contribution >= 0.6 is 0 Å². The highest BCUT2D eigenvalue weighted by atomic mass is 19.1. The second-order valence-corrected chi connectivity index (χ2v) is 4.40. The van der Waals surface area contributed by atoms with Gasteiger partial charge in [-0.1, -0.05) is 13.3 Å². The highest BCUT2D eigenvalue weighted by Crippen LogP contribution is 2.18. The third-order valence-corrected chi connectivity index (χ3v) is 2.80. The molecule has 0 bridgehead atoms. The Morgan fingerprint density at radius 2 is 2.24 bits per heavy atom. The number of nitro groups is 1. The summed E-state index contributed by atoms with van der Waals surface area (Å²) < 4.78 is 13.6. The molecule has 0 aliphatic rings. The Morgan fingerprint density at radius 3 is 2.90 bits per heavy atom. The van der Waals surface area contributed by atoms with Gasteiger partial charge in [-0.25, -0.2) is 4.39 Å². The van der Waals surface area contributed by atoms with Gasteiger partial charge in [0.25, 0.3) is 11.6 Å². The van der Waals surface area contributed by atoms with E-state index in [0.717, 1.165) is 36.7 Å².